The highest BCUT2D eigenvalue weighted by molar-refractivity contribution is 5.96. The molecule has 2 N–H and O–H groups in total. The van der Waals surface area contributed by atoms with Crippen molar-refractivity contribution in [1.82, 2.24) is 15.6 Å². The summed E-state index contributed by atoms with van der Waals surface area (Å²) in [6.07, 6.45) is 1.53. The number of nitrogens with zero attached hydrogens (tertiary/aromatic N) is 1. The molecule has 8 heteroatoms. The smallest absolute Gasteiger partial charge is 0.270 e. The van der Waals surface area contributed by atoms with Crippen LogP contribution in [0.1, 0.15) is 32.3 Å². The van der Waals surface area contributed by atoms with Gasteiger partial charge in [0.05, 0.1) is 27.0 Å². The zero-order valence-electron chi connectivity index (χ0n) is 16.1. The Balaban J connectivity index is 1.61. The molecule has 2 heterocycles. The summed E-state index contributed by atoms with van der Waals surface area (Å²) in [7, 11) is 3.11. The van der Waals surface area contributed by atoms with E-state index >= 15 is 0 Å². The quantitative estimate of drug-likeness (QED) is 0.608. The molecule has 1 aromatic carbocycles. The molecule has 3 aromatic rings. The second-order valence-corrected chi connectivity index (χ2v) is 6.04. The van der Waals surface area contributed by atoms with Gasteiger partial charge in [-0.25, -0.2) is 4.98 Å². The van der Waals surface area contributed by atoms with E-state index in [2.05, 4.69) is 15.6 Å². The molecule has 8 nitrogen and oxygen atoms in total. The van der Waals surface area contributed by atoms with Crippen LogP contribution in [0.3, 0.4) is 0 Å². The van der Waals surface area contributed by atoms with Gasteiger partial charge in [0.15, 0.2) is 11.5 Å². The van der Waals surface area contributed by atoms with Gasteiger partial charge < -0.3 is 24.5 Å². The van der Waals surface area contributed by atoms with Crippen LogP contribution in [0.2, 0.25) is 0 Å². The van der Waals surface area contributed by atoms with Gasteiger partial charge in [-0.1, -0.05) is 12.1 Å². The Bertz CT molecular complexity index is 986. The van der Waals surface area contributed by atoms with Gasteiger partial charge in [0, 0.05) is 6.54 Å². The molecule has 0 aliphatic rings. The number of aromatic nitrogens is 1. The number of ether oxygens (including phenoxy) is 2. The number of rotatable bonds is 8. The molecule has 150 valence electrons. The summed E-state index contributed by atoms with van der Waals surface area (Å²) in [5.74, 6) is 1.03. The van der Waals surface area contributed by atoms with Crippen molar-refractivity contribution in [3.05, 3.63) is 77.5 Å². The molecule has 0 aliphatic heterocycles. The molecule has 3 rings (SSSR count). The molecule has 0 saturated heterocycles. The van der Waals surface area contributed by atoms with Gasteiger partial charge in [-0.2, -0.15) is 0 Å². The first-order valence-electron chi connectivity index (χ1n) is 8.87. The highest BCUT2D eigenvalue weighted by Crippen LogP contribution is 2.27. The summed E-state index contributed by atoms with van der Waals surface area (Å²) in [6.45, 7) is 0.513. The van der Waals surface area contributed by atoms with Crippen LogP contribution in [-0.4, -0.2) is 31.0 Å². The number of methoxy groups -OCH3 is 2. The maximum Gasteiger partial charge on any atom is 0.270 e. The SMILES string of the molecule is COc1ccc(CNC(=O)c2cccc(C(=O)NCc3ccco3)n2)cc1OC. The van der Waals surface area contributed by atoms with Crippen molar-refractivity contribution in [3.63, 3.8) is 0 Å². The van der Waals surface area contributed by atoms with Gasteiger partial charge in [-0.15, -0.1) is 0 Å². The predicted octanol–water partition coefficient (Wildman–Crippen LogP) is 2.55. The zero-order valence-corrected chi connectivity index (χ0v) is 16.1. The van der Waals surface area contributed by atoms with Crippen LogP contribution >= 0.6 is 0 Å². The fourth-order valence-corrected chi connectivity index (χ4v) is 2.62. The van der Waals surface area contributed by atoms with Gasteiger partial charge in [-0.05, 0) is 42.0 Å². The highest BCUT2D eigenvalue weighted by atomic mass is 16.5. The number of carbonyl (C=O) groups is 2. The first kappa shape index (κ1) is 19.9. The monoisotopic (exact) mass is 395 g/mol. The third-order valence-corrected chi connectivity index (χ3v) is 4.12. The number of nitrogens with one attached hydrogen (secondary N) is 2. The summed E-state index contributed by atoms with van der Waals surface area (Å²) in [5, 5.41) is 5.48. The van der Waals surface area contributed by atoms with Crippen LogP contribution < -0.4 is 20.1 Å². The third-order valence-electron chi connectivity index (χ3n) is 4.12. The molecule has 0 radical (unpaired) electrons. The molecule has 2 aromatic heterocycles. The first-order valence-corrected chi connectivity index (χ1v) is 8.87. The summed E-state index contributed by atoms with van der Waals surface area (Å²) < 4.78 is 15.6. The number of hydrogen-bond donors (Lipinski definition) is 2. The molecule has 0 unspecified atom stereocenters. The molecule has 0 aliphatic carbocycles. The average molecular weight is 395 g/mol. The normalized spacial score (nSPS) is 10.3. The van der Waals surface area contributed by atoms with E-state index in [1.54, 1.807) is 56.7 Å². The van der Waals surface area contributed by atoms with Crippen molar-refractivity contribution < 1.29 is 23.5 Å². The molecule has 0 spiro atoms. The van der Waals surface area contributed by atoms with Crippen LogP contribution in [0, 0.1) is 0 Å². The molecular weight excluding hydrogens is 374 g/mol. The van der Waals surface area contributed by atoms with Crippen LogP contribution in [0.5, 0.6) is 11.5 Å². The number of benzene rings is 1. The minimum atomic E-state index is -0.393. The molecular formula is C21H21N3O5. The molecule has 29 heavy (non-hydrogen) atoms. The fourth-order valence-electron chi connectivity index (χ4n) is 2.62. The number of pyridine rings is 1. The largest absolute Gasteiger partial charge is 0.493 e. The van der Waals surface area contributed by atoms with Crippen LogP contribution in [-0.2, 0) is 13.1 Å². The van der Waals surface area contributed by atoms with Crippen LogP contribution in [0.4, 0.5) is 0 Å². The number of amides is 2. The zero-order chi connectivity index (χ0) is 20.6. The predicted molar refractivity (Wildman–Crippen MR) is 105 cm³/mol. The van der Waals surface area contributed by atoms with Crippen molar-refractivity contribution in [2.75, 3.05) is 14.2 Å². The van der Waals surface area contributed by atoms with E-state index in [1.807, 2.05) is 6.07 Å². The van der Waals surface area contributed by atoms with E-state index in [4.69, 9.17) is 13.9 Å². The first-order chi connectivity index (χ1) is 14.1. The lowest BCUT2D eigenvalue weighted by molar-refractivity contribution is 0.0939. The van der Waals surface area contributed by atoms with E-state index in [0.717, 1.165) is 5.56 Å². The minimum absolute atomic E-state index is 0.148. The van der Waals surface area contributed by atoms with Gasteiger partial charge in [0.25, 0.3) is 11.8 Å². The third kappa shape index (κ3) is 5.13. The second kappa shape index (κ2) is 9.41. The van der Waals surface area contributed by atoms with Crippen molar-refractivity contribution in [1.29, 1.82) is 0 Å². The lowest BCUT2D eigenvalue weighted by Crippen LogP contribution is -2.27. The second-order valence-electron chi connectivity index (χ2n) is 6.04. The van der Waals surface area contributed by atoms with E-state index in [9.17, 15) is 9.59 Å². The van der Waals surface area contributed by atoms with Crippen molar-refractivity contribution in [3.8, 4) is 11.5 Å². The van der Waals surface area contributed by atoms with E-state index in [-0.39, 0.29) is 30.4 Å². The fraction of sp³-hybridized carbons (Fsp3) is 0.190. The minimum Gasteiger partial charge on any atom is -0.493 e. The average Bonchev–Trinajstić information content (AvgIpc) is 3.29. The topological polar surface area (TPSA) is 103 Å². The van der Waals surface area contributed by atoms with Crippen LogP contribution in [0.15, 0.2) is 59.2 Å². The Morgan fingerprint density at radius 1 is 0.897 bits per heavy atom. The van der Waals surface area contributed by atoms with Gasteiger partial charge in [0.1, 0.15) is 17.1 Å². The van der Waals surface area contributed by atoms with Crippen molar-refractivity contribution in [2.24, 2.45) is 0 Å². The number of hydrogen-bond acceptors (Lipinski definition) is 6. The van der Waals surface area contributed by atoms with E-state index in [1.165, 1.54) is 6.26 Å². The Morgan fingerprint density at radius 2 is 1.59 bits per heavy atom. The molecule has 0 bridgehead atoms. The van der Waals surface area contributed by atoms with Crippen molar-refractivity contribution in [2.45, 2.75) is 13.1 Å². The lowest BCUT2D eigenvalue weighted by atomic mass is 10.2. The molecule has 0 fully saturated rings. The van der Waals surface area contributed by atoms with E-state index < -0.39 is 5.91 Å². The van der Waals surface area contributed by atoms with Gasteiger partial charge in [0.2, 0.25) is 0 Å². The Hall–Kier alpha value is -3.81. The Labute approximate surface area is 167 Å². The lowest BCUT2D eigenvalue weighted by Gasteiger charge is -2.10. The number of carbonyl (C=O) groups excluding carboxylic acids is 2. The summed E-state index contributed by atoms with van der Waals surface area (Å²) in [6, 6.07) is 13.6. The highest BCUT2D eigenvalue weighted by Gasteiger charge is 2.13. The summed E-state index contributed by atoms with van der Waals surface area (Å²) >= 11 is 0. The Kier molecular flexibility index (Phi) is 6.47. The van der Waals surface area contributed by atoms with Crippen molar-refractivity contribution >= 4 is 11.8 Å². The molecule has 0 saturated carbocycles. The molecule has 0 atom stereocenters. The van der Waals surface area contributed by atoms with Gasteiger partial charge >= 0.3 is 0 Å². The maximum absolute atomic E-state index is 12.4. The maximum atomic E-state index is 12.4. The molecule has 2 amide bonds. The van der Waals surface area contributed by atoms with E-state index in [0.29, 0.717) is 17.3 Å². The Morgan fingerprint density at radius 3 is 2.21 bits per heavy atom. The van der Waals surface area contributed by atoms with Gasteiger partial charge in [-0.3, -0.25) is 9.59 Å². The standard InChI is InChI=1S/C21H21N3O5/c1-27-18-9-8-14(11-19(18)28-2)12-22-20(25)16-6-3-7-17(24-16)21(26)23-13-15-5-4-10-29-15/h3-11H,12-13H2,1-2H3,(H,22,25)(H,23,26). The summed E-state index contributed by atoms with van der Waals surface area (Å²) in [4.78, 5) is 28.8. The number of furan rings is 1. The summed E-state index contributed by atoms with van der Waals surface area (Å²) in [5.41, 5.74) is 1.13. The van der Waals surface area contributed by atoms with Crippen LogP contribution in [0.25, 0.3) is 0 Å².